The van der Waals surface area contributed by atoms with Crippen LogP contribution in [0.2, 0.25) is 0 Å². The van der Waals surface area contributed by atoms with Crippen molar-refractivity contribution in [3.8, 4) is 0 Å². The fourth-order valence-electron chi connectivity index (χ4n) is 3.42. The highest BCUT2D eigenvalue weighted by molar-refractivity contribution is 5.36. The second kappa shape index (κ2) is 6.87. The third kappa shape index (κ3) is 3.27. The van der Waals surface area contributed by atoms with E-state index in [2.05, 4.69) is 12.1 Å². The zero-order chi connectivity index (χ0) is 15.4. The van der Waals surface area contributed by atoms with Crippen molar-refractivity contribution in [1.82, 2.24) is 0 Å². The van der Waals surface area contributed by atoms with Crippen LogP contribution in [0.1, 0.15) is 36.3 Å². The molecule has 0 unspecified atom stereocenters. The molecule has 22 heavy (non-hydrogen) atoms. The van der Waals surface area contributed by atoms with Crippen molar-refractivity contribution in [1.29, 1.82) is 0 Å². The van der Waals surface area contributed by atoms with Crippen molar-refractivity contribution >= 4 is 0 Å². The molecule has 114 valence electrons. The Labute approximate surface area is 130 Å². The average Bonchev–Trinajstić information content (AvgIpc) is 2.51. The Balaban J connectivity index is 1.58. The van der Waals surface area contributed by atoms with Crippen LogP contribution >= 0.6 is 0 Å². The number of aryl methyl sites for hydroxylation is 1. The van der Waals surface area contributed by atoms with E-state index in [0.717, 1.165) is 31.2 Å². The summed E-state index contributed by atoms with van der Waals surface area (Å²) in [4.78, 5) is 0. The van der Waals surface area contributed by atoms with Crippen molar-refractivity contribution < 1.29 is 8.78 Å². The molecule has 0 spiro atoms. The lowest BCUT2D eigenvalue weighted by molar-refractivity contribution is 0.299. The molecule has 0 radical (unpaired) electrons. The molecule has 1 saturated carbocycles. The van der Waals surface area contributed by atoms with Crippen LogP contribution in [0.25, 0.3) is 0 Å². The zero-order valence-corrected chi connectivity index (χ0v) is 12.5. The normalized spacial score (nSPS) is 20.5. The third-order valence-corrected chi connectivity index (χ3v) is 4.62. The maximum Gasteiger partial charge on any atom is 0.270 e. The molecule has 2 aromatic carbocycles. The number of hydrogen-bond donors (Lipinski definition) is 0. The van der Waals surface area contributed by atoms with Gasteiger partial charge < -0.3 is 0 Å². The van der Waals surface area contributed by atoms with Gasteiger partial charge in [-0.1, -0.05) is 60.7 Å². The van der Waals surface area contributed by atoms with Gasteiger partial charge in [0.05, 0.1) is 0 Å². The van der Waals surface area contributed by atoms with E-state index in [1.807, 2.05) is 48.5 Å². The Bertz CT molecular complexity index is 627. The SMILES string of the molecule is FC(F)=C1[C@@H](CCCc2ccccc2)C[C@@H]1c1ccccc1. The lowest BCUT2D eigenvalue weighted by atomic mass is 9.65. The average molecular weight is 298 g/mol. The monoisotopic (exact) mass is 298 g/mol. The minimum atomic E-state index is -1.47. The molecule has 1 aliphatic rings. The van der Waals surface area contributed by atoms with Gasteiger partial charge in [-0.05, 0) is 42.7 Å². The summed E-state index contributed by atoms with van der Waals surface area (Å²) in [6.45, 7) is 0. The first-order valence-corrected chi connectivity index (χ1v) is 7.89. The highest BCUT2D eigenvalue weighted by Gasteiger charge is 2.38. The van der Waals surface area contributed by atoms with Gasteiger partial charge in [0.1, 0.15) is 0 Å². The fraction of sp³-hybridized carbons (Fsp3) is 0.300. The number of halogens is 2. The highest BCUT2D eigenvalue weighted by Crippen LogP contribution is 2.50. The predicted octanol–water partition coefficient (Wildman–Crippen LogP) is 5.96. The molecule has 1 fully saturated rings. The van der Waals surface area contributed by atoms with Crippen molar-refractivity contribution in [2.24, 2.45) is 5.92 Å². The lowest BCUT2D eigenvalue weighted by Crippen LogP contribution is -2.27. The van der Waals surface area contributed by atoms with E-state index >= 15 is 0 Å². The molecule has 0 aromatic heterocycles. The van der Waals surface area contributed by atoms with E-state index < -0.39 is 6.08 Å². The zero-order valence-electron chi connectivity index (χ0n) is 12.5. The molecule has 2 atom stereocenters. The van der Waals surface area contributed by atoms with Crippen LogP contribution in [0.4, 0.5) is 8.78 Å². The van der Waals surface area contributed by atoms with E-state index in [4.69, 9.17) is 0 Å². The summed E-state index contributed by atoms with van der Waals surface area (Å²) in [6.07, 6.45) is 2.17. The van der Waals surface area contributed by atoms with E-state index in [1.165, 1.54) is 5.56 Å². The fourth-order valence-corrected chi connectivity index (χ4v) is 3.42. The van der Waals surface area contributed by atoms with E-state index in [9.17, 15) is 8.78 Å². The molecule has 0 heterocycles. The Morgan fingerprint density at radius 1 is 0.909 bits per heavy atom. The van der Waals surface area contributed by atoms with Gasteiger partial charge in [-0.25, -0.2) is 0 Å². The van der Waals surface area contributed by atoms with Gasteiger partial charge in [0.25, 0.3) is 6.08 Å². The van der Waals surface area contributed by atoms with Gasteiger partial charge >= 0.3 is 0 Å². The van der Waals surface area contributed by atoms with Crippen LogP contribution in [0.3, 0.4) is 0 Å². The van der Waals surface area contributed by atoms with Crippen LogP contribution in [0.15, 0.2) is 72.3 Å². The van der Waals surface area contributed by atoms with Gasteiger partial charge in [0.2, 0.25) is 0 Å². The van der Waals surface area contributed by atoms with Crippen LogP contribution in [-0.2, 0) is 6.42 Å². The summed E-state index contributed by atoms with van der Waals surface area (Å²) in [6, 6.07) is 19.9. The minimum absolute atomic E-state index is 0.0546. The number of rotatable bonds is 5. The van der Waals surface area contributed by atoms with Gasteiger partial charge in [-0.2, -0.15) is 8.78 Å². The summed E-state index contributed by atoms with van der Waals surface area (Å²) in [5.41, 5.74) is 2.68. The Morgan fingerprint density at radius 3 is 2.18 bits per heavy atom. The Morgan fingerprint density at radius 2 is 1.55 bits per heavy atom. The van der Waals surface area contributed by atoms with E-state index in [1.54, 1.807) is 0 Å². The molecule has 0 bridgehead atoms. The van der Waals surface area contributed by atoms with Gasteiger partial charge in [-0.15, -0.1) is 0 Å². The first kappa shape index (κ1) is 15.0. The summed E-state index contributed by atoms with van der Waals surface area (Å²) in [5, 5.41) is 0. The smallest absolute Gasteiger partial charge is 0.173 e. The molecular weight excluding hydrogens is 278 g/mol. The molecule has 0 nitrogen and oxygen atoms in total. The topological polar surface area (TPSA) is 0 Å². The standard InChI is InChI=1S/C20H20F2/c21-20(22)19-17(13-7-10-15-8-3-1-4-9-15)14-18(19)16-11-5-2-6-12-16/h1-6,8-9,11-12,17-18H,7,10,13-14H2/t17-,18+/m0/s1. The first-order valence-electron chi connectivity index (χ1n) is 7.89. The van der Waals surface area contributed by atoms with Gasteiger partial charge in [0.15, 0.2) is 0 Å². The quantitative estimate of drug-likeness (QED) is 0.638. The summed E-state index contributed by atoms with van der Waals surface area (Å²) in [7, 11) is 0. The summed E-state index contributed by atoms with van der Waals surface area (Å²) in [5.74, 6) is -0.0214. The molecule has 0 saturated heterocycles. The largest absolute Gasteiger partial charge is 0.270 e. The molecule has 0 N–H and O–H groups in total. The van der Waals surface area contributed by atoms with E-state index in [0.29, 0.717) is 5.57 Å². The second-order valence-electron chi connectivity index (χ2n) is 5.99. The maximum atomic E-state index is 13.3. The number of allylic oxidation sites excluding steroid dienone is 1. The summed E-state index contributed by atoms with van der Waals surface area (Å²) < 4.78 is 26.6. The van der Waals surface area contributed by atoms with Gasteiger partial charge in [-0.3, -0.25) is 0 Å². The van der Waals surface area contributed by atoms with Crippen molar-refractivity contribution in [3.05, 3.63) is 83.4 Å². The van der Waals surface area contributed by atoms with Crippen molar-refractivity contribution in [3.63, 3.8) is 0 Å². The maximum absolute atomic E-state index is 13.3. The molecule has 1 aliphatic carbocycles. The molecule has 0 amide bonds. The van der Waals surface area contributed by atoms with Gasteiger partial charge in [0, 0.05) is 11.5 Å². The highest BCUT2D eigenvalue weighted by atomic mass is 19.3. The van der Waals surface area contributed by atoms with Crippen LogP contribution in [0.5, 0.6) is 0 Å². The minimum Gasteiger partial charge on any atom is -0.173 e. The van der Waals surface area contributed by atoms with E-state index in [-0.39, 0.29) is 11.8 Å². The summed E-state index contributed by atoms with van der Waals surface area (Å²) >= 11 is 0. The second-order valence-corrected chi connectivity index (χ2v) is 5.99. The first-order chi connectivity index (χ1) is 10.8. The van der Waals surface area contributed by atoms with Crippen LogP contribution in [-0.4, -0.2) is 0 Å². The Kier molecular flexibility index (Phi) is 4.67. The number of hydrogen-bond acceptors (Lipinski definition) is 0. The molecule has 2 aromatic rings. The van der Waals surface area contributed by atoms with Crippen LogP contribution < -0.4 is 0 Å². The number of benzene rings is 2. The molecule has 0 aliphatic heterocycles. The van der Waals surface area contributed by atoms with Crippen LogP contribution in [0, 0.1) is 5.92 Å². The molecule has 3 rings (SSSR count). The third-order valence-electron chi connectivity index (χ3n) is 4.62. The van der Waals surface area contributed by atoms with Crippen molar-refractivity contribution in [2.45, 2.75) is 31.6 Å². The molecular formula is C20H20F2. The predicted molar refractivity (Wildman–Crippen MR) is 85.9 cm³/mol. The molecule has 2 heteroatoms. The van der Waals surface area contributed by atoms with Crippen molar-refractivity contribution in [2.75, 3.05) is 0 Å². The lowest BCUT2D eigenvalue weighted by Gasteiger charge is -2.38. The Hall–Kier alpha value is -1.96.